The number of nitrogens with two attached hydrogens (primary N) is 1. The summed E-state index contributed by atoms with van der Waals surface area (Å²) in [5.74, 6) is 0. The number of halogens is 1. The molecule has 0 aliphatic heterocycles. The number of hydrogen-bond donors (Lipinski definition) is 1. The quantitative estimate of drug-likeness (QED) is 0.416. The predicted octanol–water partition coefficient (Wildman–Crippen LogP) is -3.11. The summed E-state index contributed by atoms with van der Waals surface area (Å²) in [6, 6.07) is 5.87. The lowest BCUT2D eigenvalue weighted by Crippen LogP contribution is -3.00. The van der Waals surface area contributed by atoms with E-state index in [0.29, 0.717) is 6.67 Å². The summed E-state index contributed by atoms with van der Waals surface area (Å²) in [5, 5.41) is 0. The molecule has 0 unspecified atom stereocenters. The Labute approximate surface area is 60.7 Å². The molecule has 3 heteroatoms. The van der Waals surface area contributed by atoms with Crippen LogP contribution in [0.1, 0.15) is 0 Å². The van der Waals surface area contributed by atoms with Crippen LogP contribution in [0.2, 0.25) is 0 Å². The third kappa shape index (κ3) is 2.44. The molecule has 0 amide bonds. The standard InChI is InChI=1S/C6H9N2.ClH/c7-6-8-4-2-1-3-5-8;/h1-5H,6-7H2;1H/q+1;/p-1. The maximum atomic E-state index is 5.31. The second-order valence-corrected chi connectivity index (χ2v) is 1.57. The van der Waals surface area contributed by atoms with E-state index in [2.05, 4.69) is 0 Å². The summed E-state index contributed by atoms with van der Waals surface area (Å²) in [6.45, 7) is 0.556. The largest absolute Gasteiger partial charge is 1.00 e. The molecule has 50 valence electrons. The van der Waals surface area contributed by atoms with Gasteiger partial charge in [-0.1, -0.05) is 6.07 Å². The van der Waals surface area contributed by atoms with Crippen LogP contribution in [0.3, 0.4) is 0 Å². The Morgan fingerprint density at radius 1 is 1.11 bits per heavy atom. The highest BCUT2D eigenvalue weighted by molar-refractivity contribution is 4.83. The zero-order chi connectivity index (χ0) is 5.82. The van der Waals surface area contributed by atoms with Crippen molar-refractivity contribution in [3.05, 3.63) is 30.6 Å². The predicted molar refractivity (Wildman–Crippen MR) is 30.8 cm³/mol. The Balaban J connectivity index is 0.000000640. The first-order valence-corrected chi connectivity index (χ1v) is 2.57. The molecule has 1 heterocycles. The summed E-state index contributed by atoms with van der Waals surface area (Å²) in [5.41, 5.74) is 5.31. The smallest absolute Gasteiger partial charge is 0.199 e. The van der Waals surface area contributed by atoms with Crippen molar-refractivity contribution in [3.63, 3.8) is 0 Å². The van der Waals surface area contributed by atoms with Crippen molar-refractivity contribution in [1.29, 1.82) is 0 Å². The summed E-state index contributed by atoms with van der Waals surface area (Å²) >= 11 is 0. The molecule has 0 aliphatic carbocycles. The molecule has 0 saturated carbocycles. The van der Waals surface area contributed by atoms with Gasteiger partial charge in [0.05, 0.1) is 0 Å². The van der Waals surface area contributed by atoms with Gasteiger partial charge in [0.15, 0.2) is 19.1 Å². The first-order chi connectivity index (χ1) is 3.93. The van der Waals surface area contributed by atoms with Crippen LogP contribution in [0.15, 0.2) is 30.6 Å². The molecule has 1 aromatic rings. The molecule has 2 nitrogen and oxygen atoms in total. The van der Waals surface area contributed by atoms with Gasteiger partial charge in [0.1, 0.15) is 0 Å². The highest BCUT2D eigenvalue weighted by Crippen LogP contribution is 1.73. The van der Waals surface area contributed by atoms with Crippen LogP contribution in [0.4, 0.5) is 0 Å². The summed E-state index contributed by atoms with van der Waals surface area (Å²) in [6.07, 6.45) is 3.86. The van der Waals surface area contributed by atoms with Crippen LogP contribution in [0, 0.1) is 0 Å². The van der Waals surface area contributed by atoms with Gasteiger partial charge in [0.2, 0.25) is 0 Å². The van der Waals surface area contributed by atoms with E-state index < -0.39 is 0 Å². The summed E-state index contributed by atoms with van der Waals surface area (Å²) in [4.78, 5) is 0. The third-order valence-electron chi connectivity index (χ3n) is 0.988. The van der Waals surface area contributed by atoms with E-state index in [1.165, 1.54) is 0 Å². The van der Waals surface area contributed by atoms with Crippen molar-refractivity contribution in [1.82, 2.24) is 0 Å². The first kappa shape index (κ1) is 8.40. The van der Waals surface area contributed by atoms with Crippen LogP contribution >= 0.6 is 0 Å². The lowest BCUT2D eigenvalue weighted by Gasteiger charge is -1.84. The van der Waals surface area contributed by atoms with Crippen LogP contribution in [0.5, 0.6) is 0 Å². The van der Waals surface area contributed by atoms with Crippen molar-refractivity contribution in [2.75, 3.05) is 0 Å². The number of aromatic nitrogens is 1. The lowest BCUT2D eigenvalue weighted by atomic mass is 10.5. The molecule has 0 radical (unpaired) electrons. The van der Waals surface area contributed by atoms with Crippen molar-refractivity contribution < 1.29 is 17.0 Å². The van der Waals surface area contributed by atoms with Crippen molar-refractivity contribution >= 4 is 0 Å². The molecular weight excluding hydrogens is 136 g/mol. The van der Waals surface area contributed by atoms with Crippen molar-refractivity contribution in [2.45, 2.75) is 6.67 Å². The molecule has 0 saturated heterocycles. The third-order valence-corrected chi connectivity index (χ3v) is 0.988. The molecule has 1 rings (SSSR count). The fourth-order valence-electron chi connectivity index (χ4n) is 0.556. The normalized spacial score (nSPS) is 8.11. The fraction of sp³-hybridized carbons (Fsp3) is 0.167. The van der Waals surface area contributed by atoms with Crippen LogP contribution in [-0.4, -0.2) is 0 Å². The number of hydrogen-bond acceptors (Lipinski definition) is 1. The minimum Gasteiger partial charge on any atom is -1.00 e. The molecule has 0 aromatic carbocycles. The van der Waals surface area contributed by atoms with E-state index in [1.807, 2.05) is 35.2 Å². The first-order valence-electron chi connectivity index (χ1n) is 2.57. The van der Waals surface area contributed by atoms with E-state index in [-0.39, 0.29) is 12.4 Å². The van der Waals surface area contributed by atoms with Gasteiger partial charge in [-0.05, 0) is 0 Å². The minimum atomic E-state index is 0. The molecule has 0 aliphatic rings. The maximum absolute atomic E-state index is 5.31. The van der Waals surface area contributed by atoms with Gasteiger partial charge in [0.25, 0.3) is 0 Å². The van der Waals surface area contributed by atoms with Gasteiger partial charge in [0, 0.05) is 12.1 Å². The monoisotopic (exact) mass is 144 g/mol. The van der Waals surface area contributed by atoms with Crippen LogP contribution < -0.4 is 22.7 Å². The molecule has 0 fully saturated rings. The zero-order valence-corrected chi connectivity index (χ0v) is 5.75. The van der Waals surface area contributed by atoms with Crippen molar-refractivity contribution in [3.8, 4) is 0 Å². The van der Waals surface area contributed by atoms with E-state index in [0.717, 1.165) is 0 Å². The average molecular weight is 145 g/mol. The Morgan fingerprint density at radius 2 is 1.67 bits per heavy atom. The molecule has 1 aromatic heterocycles. The van der Waals surface area contributed by atoms with E-state index in [9.17, 15) is 0 Å². The van der Waals surface area contributed by atoms with Gasteiger partial charge in [-0.15, -0.1) is 0 Å². The minimum absolute atomic E-state index is 0. The Kier molecular flexibility index (Phi) is 4.01. The Morgan fingerprint density at radius 3 is 2.00 bits per heavy atom. The highest BCUT2D eigenvalue weighted by Gasteiger charge is 1.86. The maximum Gasteiger partial charge on any atom is 0.199 e. The van der Waals surface area contributed by atoms with E-state index >= 15 is 0 Å². The fourth-order valence-corrected chi connectivity index (χ4v) is 0.556. The summed E-state index contributed by atoms with van der Waals surface area (Å²) in [7, 11) is 0. The zero-order valence-electron chi connectivity index (χ0n) is 5.00. The molecule has 0 bridgehead atoms. The average Bonchev–Trinajstić information content (AvgIpc) is 1.90. The highest BCUT2D eigenvalue weighted by atomic mass is 35.5. The van der Waals surface area contributed by atoms with Crippen LogP contribution in [-0.2, 0) is 6.67 Å². The van der Waals surface area contributed by atoms with E-state index in [4.69, 9.17) is 5.73 Å². The molecular formula is C6H9ClN2. The lowest BCUT2D eigenvalue weighted by molar-refractivity contribution is -0.696. The van der Waals surface area contributed by atoms with Gasteiger partial charge in [-0.3, -0.25) is 5.73 Å². The number of pyridine rings is 1. The topological polar surface area (TPSA) is 29.9 Å². The molecule has 0 atom stereocenters. The van der Waals surface area contributed by atoms with Gasteiger partial charge in [-0.2, -0.15) is 4.57 Å². The number of rotatable bonds is 1. The second kappa shape index (κ2) is 4.30. The van der Waals surface area contributed by atoms with Gasteiger partial charge >= 0.3 is 0 Å². The second-order valence-electron chi connectivity index (χ2n) is 1.57. The molecule has 9 heavy (non-hydrogen) atoms. The Bertz CT molecular complexity index is 152. The number of nitrogens with zero attached hydrogens (tertiary/aromatic N) is 1. The van der Waals surface area contributed by atoms with Gasteiger partial charge in [-0.25, -0.2) is 0 Å². The van der Waals surface area contributed by atoms with Crippen molar-refractivity contribution in [2.24, 2.45) is 5.73 Å². The molecule has 0 spiro atoms. The summed E-state index contributed by atoms with van der Waals surface area (Å²) < 4.78 is 1.90. The van der Waals surface area contributed by atoms with Gasteiger partial charge < -0.3 is 12.4 Å². The SMILES string of the molecule is NC[n+]1ccccc1.[Cl-]. The molecule has 2 N–H and O–H groups in total. The van der Waals surface area contributed by atoms with Crippen LogP contribution in [0.25, 0.3) is 0 Å². The Hall–Kier alpha value is -0.600. The van der Waals surface area contributed by atoms with E-state index in [1.54, 1.807) is 0 Å².